The fourth-order valence-corrected chi connectivity index (χ4v) is 1.79. The zero-order valence-corrected chi connectivity index (χ0v) is 10.0. The maximum absolute atomic E-state index is 11.0. The van der Waals surface area contributed by atoms with Crippen molar-refractivity contribution in [3.8, 4) is 0 Å². The molecule has 0 radical (unpaired) electrons. The number of hydrogen-bond acceptors (Lipinski definition) is 3. The van der Waals surface area contributed by atoms with E-state index in [0.717, 1.165) is 10.0 Å². The standard InChI is InChI=1S/C11H10BrN3O/c12-9-4-2-1-3-8(9)5-15-6-10(13)11(16)14-7-15/h1-4,6-7H,5,13H2. The number of nitrogens with zero attached hydrogens (tertiary/aromatic N) is 2. The molecule has 0 spiro atoms. The summed E-state index contributed by atoms with van der Waals surface area (Å²) in [5.74, 6) is 0. The Morgan fingerprint density at radius 3 is 2.81 bits per heavy atom. The van der Waals surface area contributed by atoms with E-state index in [1.807, 2.05) is 24.3 Å². The third kappa shape index (κ3) is 2.30. The molecule has 2 rings (SSSR count). The lowest BCUT2D eigenvalue weighted by atomic mass is 10.2. The third-order valence-corrected chi connectivity index (χ3v) is 2.96. The predicted molar refractivity (Wildman–Crippen MR) is 66.2 cm³/mol. The van der Waals surface area contributed by atoms with E-state index in [1.165, 1.54) is 6.33 Å². The van der Waals surface area contributed by atoms with Gasteiger partial charge in [-0.15, -0.1) is 0 Å². The molecule has 0 saturated heterocycles. The van der Waals surface area contributed by atoms with Gasteiger partial charge in [0.2, 0.25) is 0 Å². The Morgan fingerprint density at radius 2 is 2.12 bits per heavy atom. The molecule has 0 fully saturated rings. The first-order valence-corrected chi connectivity index (χ1v) is 5.51. The first-order valence-electron chi connectivity index (χ1n) is 4.72. The largest absolute Gasteiger partial charge is 0.393 e. The quantitative estimate of drug-likeness (QED) is 0.909. The fourth-order valence-electron chi connectivity index (χ4n) is 1.38. The molecule has 0 unspecified atom stereocenters. The minimum atomic E-state index is -0.386. The van der Waals surface area contributed by atoms with Crippen LogP contribution in [0.5, 0.6) is 0 Å². The molecule has 16 heavy (non-hydrogen) atoms. The van der Waals surface area contributed by atoms with Crippen LogP contribution in [-0.4, -0.2) is 9.55 Å². The third-order valence-electron chi connectivity index (χ3n) is 2.19. The molecule has 1 aromatic carbocycles. The van der Waals surface area contributed by atoms with Gasteiger partial charge in [0, 0.05) is 17.2 Å². The Kier molecular flexibility index (Phi) is 3.05. The number of hydrogen-bond donors (Lipinski definition) is 1. The number of nitrogens with two attached hydrogens (primary N) is 1. The Labute approximate surface area is 101 Å². The van der Waals surface area contributed by atoms with Gasteiger partial charge in [0.1, 0.15) is 5.69 Å². The molecule has 0 aliphatic heterocycles. The van der Waals surface area contributed by atoms with Crippen LogP contribution in [-0.2, 0) is 6.54 Å². The van der Waals surface area contributed by atoms with Crippen molar-refractivity contribution >= 4 is 21.6 Å². The topological polar surface area (TPSA) is 60.9 Å². The summed E-state index contributed by atoms with van der Waals surface area (Å²) in [6.45, 7) is 0.624. The molecule has 82 valence electrons. The van der Waals surface area contributed by atoms with Crippen LogP contribution < -0.4 is 11.3 Å². The van der Waals surface area contributed by atoms with Crippen LogP contribution in [0.15, 0.2) is 46.1 Å². The number of rotatable bonds is 2. The van der Waals surface area contributed by atoms with Crippen LogP contribution in [0.2, 0.25) is 0 Å². The Hall–Kier alpha value is -1.62. The van der Waals surface area contributed by atoms with E-state index in [9.17, 15) is 4.79 Å². The second-order valence-electron chi connectivity index (χ2n) is 3.40. The van der Waals surface area contributed by atoms with Crippen LogP contribution in [0, 0.1) is 0 Å². The molecule has 0 bridgehead atoms. The van der Waals surface area contributed by atoms with Crippen molar-refractivity contribution < 1.29 is 0 Å². The summed E-state index contributed by atoms with van der Waals surface area (Å²) in [5.41, 5.74) is 6.38. The van der Waals surface area contributed by atoms with Crippen LogP contribution in [0.4, 0.5) is 5.69 Å². The van der Waals surface area contributed by atoms with E-state index >= 15 is 0 Å². The van der Waals surface area contributed by atoms with Crippen LogP contribution in [0.25, 0.3) is 0 Å². The smallest absolute Gasteiger partial charge is 0.295 e. The lowest BCUT2D eigenvalue weighted by Gasteiger charge is -2.07. The minimum Gasteiger partial charge on any atom is -0.393 e. The first-order chi connectivity index (χ1) is 7.66. The second kappa shape index (κ2) is 4.49. The van der Waals surface area contributed by atoms with E-state index in [4.69, 9.17) is 5.73 Å². The highest BCUT2D eigenvalue weighted by molar-refractivity contribution is 9.10. The lowest BCUT2D eigenvalue weighted by Crippen LogP contribution is -2.15. The minimum absolute atomic E-state index is 0.162. The molecule has 4 nitrogen and oxygen atoms in total. The van der Waals surface area contributed by atoms with Crippen molar-refractivity contribution in [1.82, 2.24) is 9.55 Å². The van der Waals surface area contributed by atoms with E-state index in [2.05, 4.69) is 20.9 Å². The van der Waals surface area contributed by atoms with Gasteiger partial charge < -0.3 is 10.3 Å². The van der Waals surface area contributed by atoms with Gasteiger partial charge in [0.05, 0.1) is 6.33 Å². The van der Waals surface area contributed by atoms with Crippen molar-refractivity contribution in [2.24, 2.45) is 0 Å². The van der Waals surface area contributed by atoms with Crippen molar-refractivity contribution in [1.29, 1.82) is 0 Å². The van der Waals surface area contributed by atoms with Crippen molar-refractivity contribution in [3.63, 3.8) is 0 Å². The summed E-state index contributed by atoms with van der Waals surface area (Å²) in [4.78, 5) is 14.7. The Bertz CT molecular complexity index is 565. The molecule has 2 N–H and O–H groups in total. The summed E-state index contributed by atoms with van der Waals surface area (Å²) in [5, 5.41) is 0. The van der Waals surface area contributed by atoms with E-state index in [1.54, 1.807) is 10.8 Å². The lowest BCUT2D eigenvalue weighted by molar-refractivity contribution is 0.761. The number of aromatic nitrogens is 2. The fraction of sp³-hybridized carbons (Fsp3) is 0.0909. The highest BCUT2D eigenvalue weighted by Gasteiger charge is 2.01. The Morgan fingerprint density at radius 1 is 1.38 bits per heavy atom. The summed E-state index contributed by atoms with van der Waals surface area (Å²) in [6.07, 6.45) is 3.08. The number of nitrogen functional groups attached to an aromatic ring is 1. The van der Waals surface area contributed by atoms with E-state index < -0.39 is 0 Å². The normalized spacial score (nSPS) is 10.3. The molecular formula is C11H10BrN3O. The molecule has 0 atom stereocenters. The number of benzene rings is 1. The molecular weight excluding hydrogens is 270 g/mol. The molecule has 2 aromatic rings. The summed E-state index contributed by atoms with van der Waals surface area (Å²) in [6, 6.07) is 7.87. The van der Waals surface area contributed by atoms with Crippen molar-refractivity contribution in [2.75, 3.05) is 5.73 Å². The molecule has 0 saturated carbocycles. The average molecular weight is 280 g/mol. The first kappa shape index (κ1) is 10.9. The zero-order valence-electron chi connectivity index (χ0n) is 8.43. The zero-order chi connectivity index (χ0) is 11.5. The van der Waals surface area contributed by atoms with Gasteiger partial charge in [-0.2, -0.15) is 4.98 Å². The van der Waals surface area contributed by atoms with Gasteiger partial charge in [-0.25, -0.2) is 0 Å². The van der Waals surface area contributed by atoms with Crippen molar-refractivity contribution in [3.05, 3.63) is 57.2 Å². The Balaban J connectivity index is 2.31. The molecule has 0 aliphatic rings. The number of halogens is 1. The van der Waals surface area contributed by atoms with Crippen molar-refractivity contribution in [2.45, 2.75) is 6.54 Å². The van der Waals surface area contributed by atoms with Crippen LogP contribution >= 0.6 is 15.9 Å². The number of anilines is 1. The highest BCUT2D eigenvalue weighted by atomic mass is 79.9. The van der Waals surface area contributed by atoms with Gasteiger partial charge in [-0.3, -0.25) is 4.79 Å². The second-order valence-corrected chi connectivity index (χ2v) is 4.25. The molecule has 5 heteroatoms. The van der Waals surface area contributed by atoms with Gasteiger partial charge in [-0.05, 0) is 11.6 Å². The van der Waals surface area contributed by atoms with Gasteiger partial charge in [0.15, 0.2) is 0 Å². The van der Waals surface area contributed by atoms with Gasteiger partial charge in [0.25, 0.3) is 5.56 Å². The van der Waals surface area contributed by atoms with Crippen LogP contribution in [0.3, 0.4) is 0 Å². The monoisotopic (exact) mass is 279 g/mol. The predicted octanol–water partition coefficient (Wildman–Crippen LogP) is 1.64. The molecule has 1 aromatic heterocycles. The SMILES string of the molecule is Nc1cn(Cc2ccccc2Br)cnc1=O. The van der Waals surface area contributed by atoms with E-state index in [0.29, 0.717) is 6.54 Å². The molecule has 0 amide bonds. The van der Waals surface area contributed by atoms with Gasteiger partial charge in [-0.1, -0.05) is 34.1 Å². The van der Waals surface area contributed by atoms with E-state index in [-0.39, 0.29) is 11.2 Å². The maximum Gasteiger partial charge on any atom is 0.295 e. The molecule has 1 heterocycles. The summed E-state index contributed by atoms with van der Waals surface area (Å²) >= 11 is 3.46. The van der Waals surface area contributed by atoms with Crippen LogP contribution in [0.1, 0.15) is 5.56 Å². The average Bonchev–Trinajstić information content (AvgIpc) is 2.27. The van der Waals surface area contributed by atoms with Gasteiger partial charge >= 0.3 is 0 Å². The maximum atomic E-state index is 11.0. The highest BCUT2D eigenvalue weighted by Crippen LogP contribution is 2.16. The molecule has 0 aliphatic carbocycles. The summed E-state index contributed by atoms with van der Waals surface area (Å²) < 4.78 is 2.80. The summed E-state index contributed by atoms with van der Waals surface area (Å²) in [7, 11) is 0.